The maximum atomic E-state index is 14.0. The minimum Gasteiger partial charge on any atom is -0.396 e. The van der Waals surface area contributed by atoms with E-state index in [1.807, 2.05) is 0 Å². The molecule has 0 aliphatic rings. The molecule has 2 aromatic carbocycles. The Balaban J connectivity index is 1.86. The fourth-order valence-corrected chi connectivity index (χ4v) is 2.47. The van der Waals surface area contributed by atoms with E-state index < -0.39 is 17.5 Å². The molecule has 3 N–H and O–H groups in total. The molecule has 128 valence electrons. The van der Waals surface area contributed by atoms with Crippen LogP contribution in [-0.4, -0.2) is 27.8 Å². The summed E-state index contributed by atoms with van der Waals surface area (Å²) < 4.78 is 27.9. The van der Waals surface area contributed by atoms with Crippen molar-refractivity contribution in [1.82, 2.24) is 10.2 Å². The van der Waals surface area contributed by atoms with Crippen LogP contribution < -0.4 is 5.32 Å². The van der Waals surface area contributed by atoms with E-state index in [0.717, 1.165) is 17.7 Å². The van der Waals surface area contributed by atoms with Gasteiger partial charge in [0.25, 0.3) is 5.91 Å². The summed E-state index contributed by atoms with van der Waals surface area (Å²) in [5, 5.41) is 17.8. The summed E-state index contributed by atoms with van der Waals surface area (Å²) in [6, 6.07) is 10.4. The van der Waals surface area contributed by atoms with Crippen LogP contribution in [0.5, 0.6) is 0 Å². The summed E-state index contributed by atoms with van der Waals surface area (Å²) in [5.74, 6) is -2.11. The number of aromatic amines is 1. The van der Waals surface area contributed by atoms with Gasteiger partial charge in [0.2, 0.25) is 0 Å². The third-order valence-electron chi connectivity index (χ3n) is 3.71. The first-order valence-corrected chi connectivity index (χ1v) is 7.59. The first-order chi connectivity index (χ1) is 12.1. The Morgan fingerprint density at radius 3 is 2.44 bits per heavy atom. The Kier molecular flexibility index (Phi) is 4.85. The van der Waals surface area contributed by atoms with E-state index in [1.54, 1.807) is 24.3 Å². The molecule has 0 saturated carbocycles. The fourth-order valence-electron chi connectivity index (χ4n) is 2.47. The van der Waals surface area contributed by atoms with Gasteiger partial charge in [0, 0.05) is 12.3 Å². The summed E-state index contributed by atoms with van der Waals surface area (Å²) in [6.07, 6.45) is 1.74. The molecule has 1 amide bonds. The number of hydrogen-bond acceptors (Lipinski definition) is 3. The average Bonchev–Trinajstić information content (AvgIpc) is 3.06. The van der Waals surface area contributed by atoms with Crippen molar-refractivity contribution in [2.45, 2.75) is 6.42 Å². The van der Waals surface area contributed by atoms with Gasteiger partial charge >= 0.3 is 0 Å². The molecule has 0 aliphatic heterocycles. The van der Waals surface area contributed by atoms with Crippen molar-refractivity contribution in [2.24, 2.45) is 0 Å². The van der Waals surface area contributed by atoms with E-state index in [0.29, 0.717) is 12.1 Å². The van der Waals surface area contributed by atoms with Crippen LogP contribution >= 0.6 is 0 Å². The van der Waals surface area contributed by atoms with Gasteiger partial charge in [-0.3, -0.25) is 9.89 Å². The molecule has 0 saturated heterocycles. The zero-order chi connectivity index (χ0) is 17.8. The number of aliphatic hydroxyl groups excluding tert-OH is 1. The van der Waals surface area contributed by atoms with Crippen molar-refractivity contribution >= 4 is 11.6 Å². The van der Waals surface area contributed by atoms with Crippen molar-refractivity contribution in [1.29, 1.82) is 0 Å². The van der Waals surface area contributed by atoms with Gasteiger partial charge in [0.05, 0.1) is 23.0 Å². The number of carbonyl (C=O) groups excluding carboxylic acids is 1. The standard InChI is InChI=1S/C18H15F2N3O2/c19-14-2-1-3-15(20)16(14)17-13(10-21-23-17)18(25)22-12-6-4-11(5-7-12)8-9-24/h1-7,10,24H,8-9H2,(H,21,23)(H,22,25). The van der Waals surface area contributed by atoms with Gasteiger partial charge in [-0.1, -0.05) is 18.2 Å². The quantitative estimate of drug-likeness (QED) is 0.666. The average molecular weight is 343 g/mol. The van der Waals surface area contributed by atoms with Gasteiger partial charge in [-0.05, 0) is 36.2 Å². The molecule has 3 rings (SSSR count). The van der Waals surface area contributed by atoms with Crippen LogP contribution in [0.3, 0.4) is 0 Å². The number of anilines is 1. The number of amides is 1. The predicted molar refractivity (Wildman–Crippen MR) is 89.1 cm³/mol. The number of aromatic nitrogens is 2. The lowest BCUT2D eigenvalue weighted by atomic mass is 10.1. The molecule has 0 spiro atoms. The molecule has 0 bridgehead atoms. The number of carbonyl (C=O) groups is 1. The molecule has 0 radical (unpaired) electrons. The van der Waals surface area contributed by atoms with Crippen LogP contribution in [0.25, 0.3) is 11.3 Å². The molecular formula is C18H15F2N3O2. The summed E-state index contributed by atoms with van der Waals surface area (Å²) in [5.41, 5.74) is 1.13. The minimum atomic E-state index is -0.786. The van der Waals surface area contributed by atoms with Gasteiger partial charge in [-0.2, -0.15) is 5.10 Å². The molecule has 0 atom stereocenters. The topological polar surface area (TPSA) is 78.0 Å². The van der Waals surface area contributed by atoms with E-state index in [9.17, 15) is 13.6 Å². The first kappa shape index (κ1) is 16.8. The van der Waals surface area contributed by atoms with E-state index in [2.05, 4.69) is 15.5 Å². The van der Waals surface area contributed by atoms with Crippen molar-refractivity contribution in [2.75, 3.05) is 11.9 Å². The molecule has 1 heterocycles. The minimum absolute atomic E-state index is 0.0231. The van der Waals surface area contributed by atoms with Crippen molar-refractivity contribution in [3.05, 3.63) is 71.4 Å². The molecule has 0 fully saturated rings. The number of H-pyrrole nitrogens is 1. The maximum Gasteiger partial charge on any atom is 0.259 e. The van der Waals surface area contributed by atoms with Crippen molar-refractivity contribution in [3.63, 3.8) is 0 Å². The summed E-state index contributed by atoms with van der Waals surface area (Å²) in [7, 11) is 0. The second-order valence-electron chi connectivity index (χ2n) is 5.38. The molecule has 7 heteroatoms. The number of nitrogens with zero attached hydrogens (tertiary/aromatic N) is 1. The smallest absolute Gasteiger partial charge is 0.259 e. The highest BCUT2D eigenvalue weighted by Gasteiger charge is 2.21. The van der Waals surface area contributed by atoms with E-state index in [-0.39, 0.29) is 23.4 Å². The number of aliphatic hydroxyl groups is 1. The Bertz CT molecular complexity index is 871. The van der Waals surface area contributed by atoms with Crippen LogP contribution in [0, 0.1) is 11.6 Å². The number of rotatable bonds is 5. The second-order valence-corrected chi connectivity index (χ2v) is 5.38. The third-order valence-corrected chi connectivity index (χ3v) is 3.71. The molecular weight excluding hydrogens is 328 g/mol. The number of halogens is 2. The van der Waals surface area contributed by atoms with Crippen LogP contribution in [0.1, 0.15) is 15.9 Å². The number of hydrogen-bond donors (Lipinski definition) is 3. The number of nitrogens with one attached hydrogen (secondary N) is 2. The second kappa shape index (κ2) is 7.23. The highest BCUT2D eigenvalue weighted by molar-refractivity contribution is 6.08. The van der Waals surface area contributed by atoms with Crippen molar-refractivity contribution in [3.8, 4) is 11.3 Å². The van der Waals surface area contributed by atoms with Crippen LogP contribution in [-0.2, 0) is 6.42 Å². The Morgan fingerprint density at radius 2 is 1.80 bits per heavy atom. The fraction of sp³-hybridized carbons (Fsp3) is 0.111. The van der Waals surface area contributed by atoms with Gasteiger partial charge in [-0.25, -0.2) is 8.78 Å². The molecule has 1 aromatic heterocycles. The zero-order valence-corrected chi connectivity index (χ0v) is 13.1. The molecule has 25 heavy (non-hydrogen) atoms. The molecule has 5 nitrogen and oxygen atoms in total. The normalized spacial score (nSPS) is 10.7. The van der Waals surface area contributed by atoms with E-state index in [1.165, 1.54) is 12.3 Å². The van der Waals surface area contributed by atoms with Gasteiger partial charge in [0.1, 0.15) is 11.6 Å². The highest BCUT2D eigenvalue weighted by atomic mass is 19.1. The lowest BCUT2D eigenvalue weighted by molar-refractivity contribution is 0.102. The van der Waals surface area contributed by atoms with Crippen LogP contribution in [0.2, 0.25) is 0 Å². The molecule has 3 aromatic rings. The highest BCUT2D eigenvalue weighted by Crippen LogP contribution is 2.27. The van der Waals surface area contributed by atoms with Crippen LogP contribution in [0.4, 0.5) is 14.5 Å². The molecule has 0 unspecified atom stereocenters. The summed E-state index contributed by atoms with van der Waals surface area (Å²) >= 11 is 0. The zero-order valence-electron chi connectivity index (χ0n) is 13.1. The first-order valence-electron chi connectivity index (χ1n) is 7.59. The predicted octanol–water partition coefficient (Wildman–Crippen LogP) is 3.14. The largest absolute Gasteiger partial charge is 0.396 e. The van der Waals surface area contributed by atoms with Gasteiger partial charge in [0.15, 0.2) is 0 Å². The molecule has 0 aliphatic carbocycles. The van der Waals surface area contributed by atoms with E-state index in [4.69, 9.17) is 5.11 Å². The van der Waals surface area contributed by atoms with Crippen LogP contribution in [0.15, 0.2) is 48.7 Å². The maximum absolute atomic E-state index is 14.0. The monoisotopic (exact) mass is 343 g/mol. The summed E-state index contributed by atoms with van der Waals surface area (Å²) in [6.45, 7) is 0.0400. The Morgan fingerprint density at radius 1 is 1.12 bits per heavy atom. The third kappa shape index (κ3) is 3.56. The SMILES string of the molecule is O=C(Nc1ccc(CCO)cc1)c1cn[nH]c1-c1c(F)cccc1F. The lowest BCUT2D eigenvalue weighted by Crippen LogP contribution is -2.12. The summed E-state index contributed by atoms with van der Waals surface area (Å²) in [4.78, 5) is 12.4. The number of benzene rings is 2. The lowest BCUT2D eigenvalue weighted by Gasteiger charge is -2.08. The Hall–Kier alpha value is -3.06. The van der Waals surface area contributed by atoms with Crippen molar-refractivity contribution < 1.29 is 18.7 Å². The Labute approximate surface area is 142 Å². The van der Waals surface area contributed by atoms with Gasteiger partial charge in [-0.15, -0.1) is 0 Å². The van der Waals surface area contributed by atoms with E-state index >= 15 is 0 Å². The van der Waals surface area contributed by atoms with Gasteiger partial charge < -0.3 is 10.4 Å².